The van der Waals surface area contributed by atoms with Crippen LogP contribution in [-0.4, -0.2) is 34.1 Å². The first-order valence-electron chi connectivity index (χ1n) is 5.78. The third-order valence-electron chi connectivity index (χ3n) is 3.39. The van der Waals surface area contributed by atoms with Crippen molar-refractivity contribution >= 4 is 11.6 Å². The number of rotatable bonds is 3. The largest absolute Gasteiger partial charge is 0.329 e. The Morgan fingerprint density at radius 1 is 1.44 bits per heavy atom. The molecule has 2 rings (SSSR count). The molecule has 5 heteroatoms. The van der Waals surface area contributed by atoms with Crippen LogP contribution in [0.5, 0.6) is 0 Å². The summed E-state index contributed by atoms with van der Waals surface area (Å²) in [7, 11) is 1.94. The maximum Gasteiger partial charge on any atom is 0.133 e. The Morgan fingerprint density at radius 2 is 2.06 bits per heavy atom. The summed E-state index contributed by atoms with van der Waals surface area (Å²) >= 11 is 6.28. The second-order valence-corrected chi connectivity index (χ2v) is 4.75. The van der Waals surface area contributed by atoms with Crippen molar-refractivity contribution in [3.8, 4) is 0 Å². The predicted molar refractivity (Wildman–Crippen MR) is 65.6 cm³/mol. The van der Waals surface area contributed by atoms with Crippen molar-refractivity contribution in [2.75, 3.05) is 19.6 Å². The summed E-state index contributed by atoms with van der Waals surface area (Å²) in [5, 5.41) is 0.722. The van der Waals surface area contributed by atoms with E-state index >= 15 is 0 Å². The molecule has 1 aromatic rings. The monoisotopic (exact) mass is 242 g/mol. The average Bonchev–Trinajstić information content (AvgIpc) is 2.86. The molecule has 1 unspecified atom stereocenters. The number of likely N-dealkylation sites (tertiary alicyclic amines) is 1. The molecule has 4 nitrogen and oxygen atoms in total. The van der Waals surface area contributed by atoms with Crippen molar-refractivity contribution in [1.82, 2.24) is 14.5 Å². The number of imidazole rings is 1. The number of nitrogens with two attached hydrogens (primary N) is 1. The first-order chi connectivity index (χ1) is 7.65. The van der Waals surface area contributed by atoms with Gasteiger partial charge in [0.2, 0.25) is 0 Å². The van der Waals surface area contributed by atoms with E-state index in [4.69, 9.17) is 17.3 Å². The third kappa shape index (κ3) is 1.97. The van der Waals surface area contributed by atoms with Crippen molar-refractivity contribution in [2.45, 2.75) is 25.8 Å². The molecule has 1 fully saturated rings. The highest BCUT2D eigenvalue weighted by Gasteiger charge is 2.27. The molecule has 2 heterocycles. The van der Waals surface area contributed by atoms with Gasteiger partial charge >= 0.3 is 0 Å². The standard InChI is InChI=1S/C11H19ClN4/c1-8-14-10(11(12)15(8)2)9(7-13)16-5-3-4-6-16/h9H,3-7,13H2,1-2H3. The number of halogens is 1. The molecule has 0 saturated carbocycles. The van der Waals surface area contributed by atoms with E-state index in [1.54, 1.807) is 0 Å². The van der Waals surface area contributed by atoms with Crippen LogP contribution in [0.15, 0.2) is 0 Å². The van der Waals surface area contributed by atoms with Crippen LogP contribution in [-0.2, 0) is 7.05 Å². The zero-order valence-corrected chi connectivity index (χ0v) is 10.7. The molecule has 0 radical (unpaired) electrons. The van der Waals surface area contributed by atoms with Gasteiger partial charge in [-0.15, -0.1) is 0 Å². The third-order valence-corrected chi connectivity index (χ3v) is 3.84. The highest BCUT2D eigenvalue weighted by atomic mass is 35.5. The molecule has 0 spiro atoms. The number of aromatic nitrogens is 2. The lowest BCUT2D eigenvalue weighted by Gasteiger charge is -2.24. The lowest BCUT2D eigenvalue weighted by molar-refractivity contribution is 0.247. The molecule has 1 aliphatic rings. The molecular formula is C11H19ClN4. The number of aryl methyl sites for hydroxylation is 1. The Hall–Kier alpha value is -0.580. The summed E-state index contributed by atoms with van der Waals surface area (Å²) in [6.07, 6.45) is 2.50. The Balaban J connectivity index is 2.28. The van der Waals surface area contributed by atoms with Gasteiger partial charge in [0.25, 0.3) is 0 Å². The molecule has 16 heavy (non-hydrogen) atoms. The van der Waals surface area contributed by atoms with Gasteiger partial charge in [-0.1, -0.05) is 11.6 Å². The van der Waals surface area contributed by atoms with E-state index in [9.17, 15) is 0 Å². The Labute approximate surface area is 101 Å². The predicted octanol–water partition coefficient (Wildman–Crippen LogP) is 1.48. The molecule has 1 aliphatic heterocycles. The van der Waals surface area contributed by atoms with Gasteiger partial charge in [0.05, 0.1) is 11.7 Å². The number of nitrogens with zero attached hydrogens (tertiary/aromatic N) is 3. The van der Waals surface area contributed by atoms with E-state index in [2.05, 4.69) is 9.88 Å². The van der Waals surface area contributed by atoms with Crippen LogP contribution in [0.4, 0.5) is 0 Å². The van der Waals surface area contributed by atoms with Crippen molar-refractivity contribution in [1.29, 1.82) is 0 Å². The Kier molecular flexibility index (Phi) is 3.52. The number of hydrogen-bond acceptors (Lipinski definition) is 3. The van der Waals surface area contributed by atoms with E-state index < -0.39 is 0 Å². The van der Waals surface area contributed by atoms with Crippen molar-refractivity contribution < 1.29 is 0 Å². The van der Waals surface area contributed by atoms with Crippen LogP contribution < -0.4 is 5.73 Å². The molecule has 1 atom stereocenters. The molecule has 2 N–H and O–H groups in total. The summed E-state index contributed by atoms with van der Waals surface area (Å²) in [4.78, 5) is 6.92. The average molecular weight is 243 g/mol. The fraction of sp³-hybridized carbons (Fsp3) is 0.727. The van der Waals surface area contributed by atoms with Crippen LogP contribution in [0, 0.1) is 6.92 Å². The van der Waals surface area contributed by atoms with Gasteiger partial charge in [-0.2, -0.15) is 0 Å². The smallest absolute Gasteiger partial charge is 0.133 e. The molecular weight excluding hydrogens is 224 g/mol. The van der Waals surface area contributed by atoms with Gasteiger partial charge in [-0.3, -0.25) is 4.90 Å². The van der Waals surface area contributed by atoms with Crippen LogP contribution in [0.1, 0.15) is 30.4 Å². The van der Waals surface area contributed by atoms with E-state index in [1.807, 2.05) is 18.5 Å². The topological polar surface area (TPSA) is 47.1 Å². The maximum absolute atomic E-state index is 6.28. The van der Waals surface area contributed by atoms with Crippen molar-refractivity contribution in [2.24, 2.45) is 12.8 Å². The van der Waals surface area contributed by atoms with E-state index in [1.165, 1.54) is 12.8 Å². The summed E-state index contributed by atoms with van der Waals surface area (Å²) in [5.74, 6) is 0.942. The minimum Gasteiger partial charge on any atom is -0.329 e. The Morgan fingerprint density at radius 3 is 2.50 bits per heavy atom. The van der Waals surface area contributed by atoms with Crippen LogP contribution in [0.3, 0.4) is 0 Å². The van der Waals surface area contributed by atoms with Gasteiger partial charge in [0, 0.05) is 13.6 Å². The number of hydrogen-bond donors (Lipinski definition) is 1. The summed E-state index contributed by atoms with van der Waals surface area (Å²) in [6.45, 7) is 4.75. The lowest BCUT2D eigenvalue weighted by Crippen LogP contribution is -2.31. The highest BCUT2D eigenvalue weighted by Crippen LogP contribution is 2.29. The first-order valence-corrected chi connectivity index (χ1v) is 6.15. The van der Waals surface area contributed by atoms with Crippen LogP contribution >= 0.6 is 11.6 Å². The second kappa shape index (κ2) is 4.73. The molecule has 0 amide bonds. The van der Waals surface area contributed by atoms with Gasteiger partial charge in [0.15, 0.2) is 0 Å². The Bertz CT molecular complexity index is 368. The molecule has 1 aromatic heterocycles. The molecule has 1 saturated heterocycles. The fourth-order valence-electron chi connectivity index (χ4n) is 2.31. The van der Waals surface area contributed by atoms with Gasteiger partial charge < -0.3 is 10.3 Å². The van der Waals surface area contributed by atoms with E-state index in [0.29, 0.717) is 6.54 Å². The van der Waals surface area contributed by atoms with Gasteiger partial charge in [0.1, 0.15) is 11.0 Å². The SMILES string of the molecule is Cc1nc(C(CN)N2CCCC2)c(Cl)n1C. The van der Waals surface area contributed by atoms with E-state index in [-0.39, 0.29) is 6.04 Å². The normalized spacial score (nSPS) is 19.2. The zero-order valence-electron chi connectivity index (χ0n) is 9.91. The summed E-state index contributed by atoms with van der Waals surface area (Å²) in [5.41, 5.74) is 6.80. The summed E-state index contributed by atoms with van der Waals surface area (Å²) < 4.78 is 1.91. The zero-order chi connectivity index (χ0) is 11.7. The minimum absolute atomic E-state index is 0.176. The van der Waals surface area contributed by atoms with E-state index in [0.717, 1.165) is 29.8 Å². The van der Waals surface area contributed by atoms with Gasteiger partial charge in [-0.25, -0.2) is 4.98 Å². The highest BCUT2D eigenvalue weighted by molar-refractivity contribution is 6.30. The first kappa shape index (κ1) is 11.9. The molecule has 0 aromatic carbocycles. The van der Waals surface area contributed by atoms with Gasteiger partial charge in [-0.05, 0) is 32.9 Å². The van der Waals surface area contributed by atoms with Crippen molar-refractivity contribution in [3.05, 3.63) is 16.7 Å². The fourth-order valence-corrected chi connectivity index (χ4v) is 2.60. The summed E-state index contributed by atoms with van der Waals surface area (Å²) in [6, 6.07) is 0.176. The molecule has 0 aliphatic carbocycles. The second-order valence-electron chi connectivity index (χ2n) is 4.39. The maximum atomic E-state index is 6.28. The lowest BCUT2D eigenvalue weighted by atomic mass is 10.2. The molecule has 90 valence electrons. The van der Waals surface area contributed by atoms with Crippen molar-refractivity contribution in [3.63, 3.8) is 0 Å². The van der Waals surface area contributed by atoms with Crippen LogP contribution in [0.25, 0.3) is 0 Å². The van der Waals surface area contributed by atoms with Crippen LogP contribution in [0.2, 0.25) is 5.15 Å². The quantitative estimate of drug-likeness (QED) is 0.874. The minimum atomic E-state index is 0.176. The molecule has 0 bridgehead atoms.